The van der Waals surface area contributed by atoms with Gasteiger partial charge in [-0.25, -0.2) is 0 Å². The molecule has 1 N–H and O–H groups in total. The van der Waals surface area contributed by atoms with Crippen molar-refractivity contribution in [3.63, 3.8) is 0 Å². The summed E-state index contributed by atoms with van der Waals surface area (Å²) in [5.41, 5.74) is 3.46. The number of rotatable bonds is 6. The molecule has 1 unspecified atom stereocenters. The predicted octanol–water partition coefficient (Wildman–Crippen LogP) is 5.25. The average Bonchev–Trinajstić information content (AvgIpc) is 3.15. The maximum atomic E-state index is 12.7. The molecule has 1 heterocycles. The van der Waals surface area contributed by atoms with Gasteiger partial charge in [0.2, 0.25) is 5.91 Å². The van der Waals surface area contributed by atoms with Gasteiger partial charge in [-0.05, 0) is 43.0 Å². The molecule has 0 aliphatic carbocycles. The maximum absolute atomic E-state index is 12.7. The Morgan fingerprint density at radius 3 is 2.52 bits per heavy atom. The molecule has 7 heteroatoms. The summed E-state index contributed by atoms with van der Waals surface area (Å²) >= 11 is 1.37. The second-order valence-electron chi connectivity index (χ2n) is 8.32. The van der Waals surface area contributed by atoms with Gasteiger partial charge in [0.05, 0.1) is 16.9 Å². The molecule has 160 valence electrons. The average molecular weight is 434 g/mol. The summed E-state index contributed by atoms with van der Waals surface area (Å²) < 4.78 is 2.02. The summed E-state index contributed by atoms with van der Waals surface area (Å²) in [6.45, 7) is 11.1. The van der Waals surface area contributed by atoms with Crippen LogP contribution < -0.4 is 5.32 Å². The second kappa shape index (κ2) is 9.36. The molecule has 1 atom stereocenters. The van der Waals surface area contributed by atoms with Crippen LogP contribution in [-0.2, 0) is 16.8 Å². The number of benzene rings is 2. The first kappa shape index (κ1) is 22.6. The molecular formula is C24H27N5OS. The lowest BCUT2D eigenvalue weighted by Gasteiger charge is -2.19. The molecule has 31 heavy (non-hydrogen) atoms. The molecule has 0 aliphatic heterocycles. The van der Waals surface area contributed by atoms with E-state index in [1.54, 1.807) is 24.3 Å². The van der Waals surface area contributed by atoms with Crippen LogP contribution in [0.25, 0.3) is 11.4 Å². The molecule has 0 bridgehead atoms. The Kier molecular flexibility index (Phi) is 6.81. The molecule has 6 nitrogen and oxygen atoms in total. The highest BCUT2D eigenvalue weighted by Crippen LogP contribution is 2.29. The Bertz CT molecular complexity index is 1110. The van der Waals surface area contributed by atoms with Crippen molar-refractivity contribution < 1.29 is 4.79 Å². The van der Waals surface area contributed by atoms with Gasteiger partial charge in [-0.1, -0.05) is 62.9 Å². The van der Waals surface area contributed by atoms with Gasteiger partial charge in [0, 0.05) is 17.8 Å². The summed E-state index contributed by atoms with van der Waals surface area (Å²) in [6.07, 6.45) is 0. The van der Waals surface area contributed by atoms with E-state index in [0.29, 0.717) is 23.0 Å². The summed E-state index contributed by atoms with van der Waals surface area (Å²) in [6, 6.07) is 17.3. The molecule has 0 radical (unpaired) electrons. The van der Waals surface area contributed by atoms with Gasteiger partial charge in [0.25, 0.3) is 0 Å². The summed E-state index contributed by atoms with van der Waals surface area (Å²) in [7, 11) is 0. The van der Waals surface area contributed by atoms with E-state index in [1.165, 1.54) is 17.3 Å². The minimum Gasteiger partial charge on any atom is -0.325 e. The Morgan fingerprint density at radius 2 is 1.90 bits per heavy atom. The fourth-order valence-corrected chi connectivity index (χ4v) is 4.03. The fraction of sp³-hybridized carbons (Fsp3) is 0.333. The Balaban J connectivity index is 1.75. The van der Waals surface area contributed by atoms with Crippen molar-refractivity contribution in [3.05, 3.63) is 59.7 Å². The van der Waals surface area contributed by atoms with E-state index in [1.807, 2.05) is 18.4 Å². The van der Waals surface area contributed by atoms with Crippen molar-refractivity contribution in [2.24, 2.45) is 0 Å². The summed E-state index contributed by atoms with van der Waals surface area (Å²) in [4.78, 5) is 12.7. The number of hydrogen-bond acceptors (Lipinski definition) is 5. The molecule has 0 spiro atoms. The standard InChI is InChI=1S/C24H27N5OS/c1-6-29-21(18-10-12-19(13-11-18)24(3,4)5)27-28-23(29)31-16(2)22(30)26-20-9-7-8-17(14-20)15-25/h7-14,16H,6H2,1-5H3,(H,26,30). The van der Waals surface area contributed by atoms with Crippen LogP contribution in [0.5, 0.6) is 0 Å². The van der Waals surface area contributed by atoms with Gasteiger partial charge in [-0.2, -0.15) is 5.26 Å². The number of nitriles is 1. The zero-order valence-electron chi connectivity index (χ0n) is 18.5. The third-order valence-corrected chi connectivity index (χ3v) is 6.03. The molecule has 0 fully saturated rings. The highest BCUT2D eigenvalue weighted by molar-refractivity contribution is 8.00. The first-order chi connectivity index (χ1) is 14.7. The highest BCUT2D eigenvalue weighted by atomic mass is 32.2. The maximum Gasteiger partial charge on any atom is 0.237 e. The lowest BCUT2D eigenvalue weighted by Crippen LogP contribution is -2.23. The van der Waals surface area contributed by atoms with Gasteiger partial charge in [0.1, 0.15) is 0 Å². The van der Waals surface area contributed by atoms with Crippen molar-refractivity contribution in [1.82, 2.24) is 14.8 Å². The minimum atomic E-state index is -0.378. The van der Waals surface area contributed by atoms with E-state index in [2.05, 4.69) is 66.6 Å². The van der Waals surface area contributed by atoms with E-state index in [0.717, 1.165) is 11.4 Å². The molecule has 0 aliphatic rings. The molecule has 0 saturated carbocycles. The number of aromatic nitrogens is 3. The second-order valence-corrected chi connectivity index (χ2v) is 9.63. The molecule has 1 aromatic heterocycles. The van der Waals surface area contributed by atoms with Crippen molar-refractivity contribution in [3.8, 4) is 17.5 Å². The number of thioether (sulfide) groups is 1. The Hall–Kier alpha value is -3.11. The SMILES string of the molecule is CCn1c(SC(C)C(=O)Nc2cccc(C#N)c2)nnc1-c1ccc(C(C)(C)C)cc1. The third-order valence-electron chi connectivity index (χ3n) is 4.95. The lowest BCUT2D eigenvalue weighted by atomic mass is 9.87. The number of nitrogens with one attached hydrogen (secondary N) is 1. The van der Waals surface area contributed by atoms with E-state index in [-0.39, 0.29) is 16.6 Å². The molecular weight excluding hydrogens is 406 g/mol. The molecule has 3 rings (SSSR count). The van der Waals surface area contributed by atoms with Crippen LogP contribution >= 0.6 is 11.8 Å². The van der Waals surface area contributed by atoms with Gasteiger partial charge in [-0.3, -0.25) is 4.79 Å². The van der Waals surface area contributed by atoms with E-state index in [9.17, 15) is 4.79 Å². The van der Waals surface area contributed by atoms with Crippen LogP contribution in [0.4, 0.5) is 5.69 Å². The van der Waals surface area contributed by atoms with Crippen LogP contribution in [0.3, 0.4) is 0 Å². The van der Waals surface area contributed by atoms with Gasteiger partial charge in [0.15, 0.2) is 11.0 Å². The van der Waals surface area contributed by atoms with Crippen molar-refractivity contribution in [2.45, 2.75) is 57.0 Å². The molecule has 0 saturated heterocycles. The third kappa shape index (κ3) is 5.33. The van der Waals surface area contributed by atoms with Crippen molar-refractivity contribution in [2.75, 3.05) is 5.32 Å². The Morgan fingerprint density at radius 1 is 1.19 bits per heavy atom. The van der Waals surface area contributed by atoms with Gasteiger partial charge >= 0.3 is 0 Å². The topological polar surface area (TPSA) is 83.6 Å². The zero-order valence-corrected chi connectivity index (χ0v) is 19.3. The molecule has 3 aromatic rings. The summed E-state index contributed by atoms with van der Waals surface area (Å²) in [5.74, 6) is 0.640. The number of hydrogen-bond donors (Lipinski definition) is 1. The largest absolute Gasteiger partial charge is 0.325 e. The minimum absolute atomic E-state index is 0.0908. The van der Waals surface area contributed by atoms with E-state index < -0.39 is 0 Å². The first-order valence-corrected chi connectivity index (χ1v) is 11.1. The van der Waals surface area contributed by atoms with Crippen LogP contribution in [0, 0.1) is 11.3 Å². The van der Waals surface area contributed by atoms with E-state index in [4.69, 9.17) is 5.26 Å². The number of nitrogens with zero attached hydrogens (tertiary/aromatic N) is 4. The fourth-order valence-electron chi connectivity index (χ4n) is 3.12. The van der Waals surface area contributed by atoms with Crippen molar-refractivity contribution >= 4 is 23.4 Å². The number of carbonyl (C=O) groups is 1. The van der Waals surface area contributed by atoms with Gasteiger partial charge in [-0.15, -0.1) is 10.2 Å². The normalized spacial score (nSPS) is 12.3. The quantitative estimate of drug-likeness (QED) is 0.537. The van der Waals surface area contributed by atoms with E-state index >= 15 is 0 Å². The molecule has 2 aromatic carbocycles. The number of carbonyl (C=O) groups excluding carboxylic acids is 1. The number of anilines is 1. The van der Waals surface area contributed by atoms with Gasteiger partial charge < -0.3 is 9.88 Å². The van der Waals surface area contributed by atoms with Crippen LogP contribution in [-0.4, -0.2) is 25.9 Å². The number of amides is 1. The summed E-state index contributed by atoms with van der Waals surface area (Å²) in [5, 5.41) is 20.9. The van der Waals surface area contributed by atoms with Crippen LogP contribution in [0.1, 0.15) is 45.7 Å². The zero-order chi connectivity index (χ0) is 22.6. The smallest absolute Gasteiger partial charge is 0.237 e. The van der Waals surface area contributed by atoms with Crippen molar-refractivity contribution in [1.29, 1.82) is 5.26 Å². The Labute approximate surface area is 187 Å². The molecule has 1 amide bonds. The monoisotopic (exact) mass is 433 g/mol. The first-order valence-electron chi connectivity index (χ1n) is 10.2. The predicted molar refractivity (Wildman–Crippen MR) is 125 cm³/mol. The lowest BCUT2D eigenvalue weighted by molar-refractivity contribution is -0.115. The van der Waals surface area contributed by atoms with Crippen LogP contribution in [0.2, 0.25) is 0 Å². The van der Waals surface area contributed by atoms with Crippen LogP contribution in [0.15, 0.2) is 53.7 Å². The highest BCUT2D eigenvalue weighted by Gasteiger charge is 2.21.